The van der Waals surface area contributed by atoms with Crippen molar-refractivity contribution in [3.05, 3.63) is 35.4 Å². The van der Waals surface area contributed by atoms with Crippen molar-refractivity contribution in [3.63, 3.8) is 0 Å². The zero-order chi connectivity index (χ0) is 15.7. The van der Waals surface area contributed by atoms with Gasteiger partial charge in [0, 0.05) is 20.2 Å². The zero-order valence-corrected chi connectivity index (χ0v) is 12.1. The van der Waals surface area contributed by atoms with E-state index in [1.165, 1.54) is 6.07 Å². The van der Waals surface area contributed by atoms with Crippen LogP contribution in [0.1, 0.15) is 18.1 Å². The Labute approximate surface area is 122 Å². The van der Waals surface area contributed by atoms with Crippen molar-refractivity contribution < 1.29 is 17.9 Å². The van der Waals surface area contributed by atoms with E-state index in [0.29, 0.717) is 31.2 Å². The largest absolute Gasteiger partial charge is 0.416 e. The SMILES string of the molecule is CCNC(=NCc1cccc(C(F)(F)F)c1)NCCOC. The smallest absolute Gasteiger partial charge is 0.383 e. The van der Waals surface area contributed by atoms with Crippen LogP contribution in [0.3, 0.4) is 0 Å². The number of guanidine groups is 1. The van der Waals surface area contributed by atoms with E-state index >= 15 is 0 Å². The van der Waals surface area contributed by atoms with Crippen LogP contribution in [0.15, 0.2) is 29.3 Å². The first-order valence-corrected chi connectivity index (χ1v) is 6.64. The molecule has 0 aliphatic rings. The van der Waals surface area contributed by atoms with E-state index in [1.807, 2.05) is 6.92 Å². The fourth-order valence-electron chi connectivity index (χ4n) is 1.63. The predicted molar refractivity (Wildman–Crippen MR) is 76.1 cm³/mol. The minimum Gasteiger partial charge on any atom is -0.383 e. The van der Waals surface area contributed by atoms with Gasteiger partial charge in [0.1, 0.15) is 0 Å². The molecule has 0 fully saturated rings. The Morgan fingerprint density at radius 1 is 1.29 bits per heavy atom. The molecule has 1 aromatic carbocycles. The normalized spacial score (nSPS) is 12.3. The molecule has 1 rings (SSSR count). The zero-order valence-electron chi connectivity index (χ0n) is 12.1. The van der Waals surface area contributed by atoms with Crippen molar-refractivity contribution >= 4 is 5.96 Å². The first kappa shape index (κ1) is 17.3. The van der Waals surface area contributed by atoms with Crippen molar-refractivity contribution in [1.82, 2.24) is 10.6 Å². The summed E-state index contributed by atoms with van der Waals surface area (Å²) in [5.41, 5.74) is -0.152. The lowest BCUT2D eigenvalue weighted by molar-refractivity contribution is -0.137. The van der Waals surface area contributed by atoms with Crippen LogP contribution in [0.4, 0.5) is 13.2 Å². The molecule has 0 amide bonds. The molecule has 0 atom stereocenters. The molecule has 0 aromatic heterocycles. The van der Waals surface area contributed by atoms with Crippen molar-refractivity contribution in [1.29, 1.82) is 0 Å². The number of rotatable bonds is 6. The second-order valence-electron chi connectivity index (χ2n) is 4.31. The maximum absolute atomic E-state index is 12.6. The monoisotopic (exact) mass is 303 g/mol. The molecule has 0 unspecified atom stereocenters. The molecule has 0 saturated heterocycles. The van der Waals surface area contributed by atoms with Gasteiger partial charge in [-0.05, 0) is 24.6 Å². The molecule has 0 bridgehead atoms. The Balaban J connectivity index is 2.71. The third-order valence-electron chi connectivity index (χ3n) is 2.62. The molecule has 0 aliphatic heterocycles. The van der Waals surface area contributed by atoms with Crippen LogP contribution in [0.2, 0.25) is 0 Å². The first-order chi connectivity index (χ1) is 9.97. The highest BCUT2D eigenvalue weighted by Crippen LogP contribution is 2.29. The maximum atomic E-state index is 12.6. The predicted octanol–water partition coefficient (Wildman–Crippen LogP) is 2.41. The minimum atomic E-state index is -4.33. The molecule has 21 heavy (non-hydrogen) atoms. The van der Waals surface area contributed by atoms with Crippen molar-refractivity contribution in [2.24, 2.45) is 4.99 Å². The van der Waals surface area contributed by atoms with Crippen LogP contribution in [0.25, 0.3) is 0 Å². The third kappa shape index (κ3) is 6.48. The van der Waals surface area contributed by atoms with Gasteiger partial charge in [0.2, 0.25) is 0 Å². The Morgan fingerprint density at radius 3 is 2.67 bits per heavy atom. The first-order valence-electron chi connectivity index (χ1n) is 6.64. The molecule has 2 N–H and O–H groups in total. The van der Waals surface area contributed by atoms with Gasteiger partial charge in [-0.3, -0.25) is 0 Å². The van der Waals surface area contributed by atoms with Crippen LogP contribution in [-0.4, -0.2) is 32.8 Å². The van der Waals surface area contributed by atoms with Crippen LogP contribution < -0.4 is 10.6 Å². The quantitative estimate of drug-likeness (QED) is 0.482. The summed E-state index contributed by atoms with van der Waals surface area (Å²) in [6.45, 7) is 3.85. The molecule has 4 nitrogen and oxygen atoms in total. The molecule has 0 spiro atoms. The fraction of sp³-hybridized carbons (Fsp3) is 0.500. The molecule has 0 aliphatic carbocycles. The van der Waals surface area contributed by atoms with Crippen molar-refractivity contribution in [3.8, 4) is 0 Å². The van der Waals surface area contributed by atoms with Gasteiger partial charge in [-0.15, -0.1) is 0 Å². The maximum Gasteiger partial charge on any atom is 0.416 e. The van der Waals surface area contributed by atoms with Gasteiger partial charge < -0.3 is 15.4 Å². The van der Waals surface area contributed by atoms with Gasteiger partial charge in [0.15, 0.2) is 5.96 Å². The Hall–Kier alpha value is -1.76. The second kappa shape index (κ2) is 8.51. The number of ether oxygens (including phenoxy) is 1. The number of alkyl halides is 3. The average molecular weight is 303 g/mol. The third-order valence-corrected chi connectivity index (χ3v) is 2.62. The lowest BCUT2D eigenvalue weighted by Gasteiger charge is -2.11. The molecule has 0 saturated carbocycles. The van der Waals surface area contributed by atoms with Crippen LogP contribution in [-0.2, 0) is 17.5 Å². The number of methoxy groups -OCH3 is 1. The van der Waals surface area contributed by atoms with Gasteiger partial charge in [-0.2, -0.15) is 13.2 Å². The van der Waals surface area contributed by atoms with Gasteiger partial charge in [0.05, 0.1) is 18.7 Å². The van der Waals surface area contributed by atoms with Crippen LogP contribution in [0.5, 0.6) is 0 Å². The number of hydrogen-bond acceptors (Lipinski definition) is 2. The van der Waals surface area contributed by atoms with Crippen LogP contribution in [0, 0.1) is 0 Å². The molecular formula is C14H20F3N3O. The van der Waals surface area contributed by atoms with Crippen molar-refractivity contribution in [2.75, 3.05) is 26.8 Å². The Morgan fingerprint density at radius 2 is 2.05 bits per heavy atom. The summed E-state index contributed by atoms with van der Waals surface area (Å²) in [5.74, 6) is 0.548. The van der Waals surface area contributed by atoms with Gasteiger partial charge in [-0.25, -0.2) is 4.99 Å². The van der Waals surface area contributed by atoms with Gasteiger partial charge in [-0.1, -0.05) is 12.1 Å². The molecule has 1 aromatic rings. The Kier molecular flexibility index (Phi) is 7.01. The lowest BCUT2D eigenvalue weighted by atomic mass is 10.1. The number of nitrogens with one attached hydrogen (secondary N) is 2. The summed E-state index contributed by atoms with van der Waals surface area (Å²) in [4.78, 5) is 4.25. The van der Waals surface area contributed by atoms with E-state index in [9.17, 15) is 13.2 Å². The summed E-state index contributed by atoms with van der Waals surface area (Å²) >= 11 is 0. The molecule has 0 radical (unpaired) electrons. The topological polar surface area (TPSA) is 45.7 Å². The van der Waals surface area contributed by atoms with Gasteiger partial charge in [0.25, 0.3) is 0 Å². The molecular weight excluding hydrogens is 283 g/mol. The minimum absolute atomic E-state index is 0.173. The molecule has 7 heteroatoms. The number of nitrogens with zero attached hydrogens (tertiary/aromatic N) is 1. The standard InChI is InChI=1S/C14H20F3N3O/c1-3-18-13(19-7-8-21-2)20-10-11-5-4-6-12(9-11)14(15,16)17/h4-6,9H,3,7-8,10H2,1-2H3,(H2,18,19,20). The molecule has 0 heterocycles. The summed E-state index contributed by atoms with van der Waals surface area (Å²) in [6, 6.07) is 5.17. The number of hydrogen-bond donors (Lipinski definition) is 2. The van der Waals surface area contributed by atoms with E-state index in [1.54, 1.807) is 13.2 Å². The van der Waals surface area contributed by atoms with E-state index in [0.717, 1.165) is 12.1 Å². The highest BCUT2D eigenvalue weighted by Gasteiger charge is 2.30. The molecule has 118 valence electrons. The average Bonchev–Trinajstić information content (AvgIpc) is 2.44. The summed E-state index contributed by atoms with van der Waals surface area (Å²) < 4.78 is 42.8. The van der Waals surface area contributed by atoms with Crippen molar-refractivity contribution in [2.45, 2.75) is 19.6 Å². The lowest BCUT2D eigenvalue weighted by Crippen LogP contribution is -2.38. The second-order valence-corrected chi connectivity index (χ2v) is 4.31. The fourth-order valence-corrected chi connectivity index (χ4v) is 1.63. The van der Waals surface area contributed by atoms with Crippen LogP contribution >= 0.6 is 0 Å². The number of benzene rings is 1. The highest BCUT2D eigenvalue weighted by molar-refractivity contribution is 5.79. The summed E-state index contributed by atoms with van der Waals surface area (Å²) in [6.07, 6.45) is -4.33. The van der Waals surface area contributed by atoms with E-state index < -0.39 is 11.7 Å². The summed E-state index contributed by atoms with van der Waals surface area (Å²) in [7, 11) is 1.59. The van der Waals surface area contributed by atoms with E-state index in [2.05, 4.69) is 15.6 Å². The highest BCUT2D eigenvalue weighted by atomic mass is 19.4. The van der Waals surface area contributed by atoms with E-state index in [-0.39, 0.29) is 6.54 Å². The Bertz CT molecular complexity index is 461. The van der Waals surface area contributed by atoms with E-state index in [4.69, 9.17) is 4.74 Å². The summed E-state index contributed by atoms with van der Waals surface area (Å²) in [5, 5.41) is 6.05. The number of aliphatic imine (C=N–C) groups is 1. The van der Waals surface area contributed by atoms with Gasteiger partial charge >= 0.3 is 6.18 Å². The number of halogens is 3.